The second-order valence-corrected chi connectivity index (χ2v) is 5.76. The minimum atomic E-state index is -0.722. The summed E-state index contributed by atoms with van der Waals surface area (Å²) >= 11 is 12.0. The van der Waals surface area contributed by atoms with Crippen molar-refractivity contribution in [3.05, 3.63) is 69.2 Å². The molecular weight excluding hydrogens is 291 g/mol. The maximum absolute atomic E-state index is 10.4. The Morgan fingerprint density at radius 1 is 1.05 bits per heavy atom. The van der Waals surface area contributed by atoms with Crippen molar-refractivity contribution >= 4 is 23.2 Å². The molecule has 0 saturated heterocycles. The maximum atomic E-state index is 10.4. The topological polar surface area (TPSA) is 20.2 Å². The normalized spacial score (nSPS) is 12.4. The highest BCUT2D eigenvalue weighted by Gasteiger charge is 2.14. The van der Waals surface area contributed by atoms with Crippen LogP contribution in [0.25, 0.3) is 0 Å². The van der Waals surface area contributed by atoms with Gasteiger partial charge in [0.1, 0.15) is 6.10 Å². The third-order valence-electron chi connectivity index (χ3n) is 3.37. The Bertz CT molecular complexity index is 564. The summed E-state index contributed by atoms with van der Waals surface area (Å²) in [6, 6.07) is 13.2. The third-order valence-corrected chi connectivity index (χ3v) is 3.93. The van der Waals surface area contributed by atoms with Crippen LogP contribution in [0.5, 0.6) is 0 Å². The van der Waals surface area contributed by atoms with Gasteiger partial charge in [-0.2, -0.15) is 0 Å². The molecule has 0 heterocycles. The van der Waals surface area contributed by atoms with Gasteiger partial charge in [0.2, 0.25) is 0 Å². The number of hydrogen-bond donors (Lipinski definition) is 1. The van der Waals surface area contributed by atoms with Gasteiger partial charge in [-0.15, -0.1) is 0 Å². The average Bonchev–Trinajstić information content (AvgIpc) is 2.45. The Morgan fingerprint density at radius 2 is 1.75 bits per heavy atom. The molecule has 1 unspecified atom stereocenters. The molecule has 1 N–H and O–H groups in total. The summed E-state index contributed by atoms with van der Waals surface area (Å²) in [4.78, 5) is 0. The molecule has 1 nitrogen and oxygen atoms in total. The standard InChI is InChI=1S/C17H18Cl2O/c1-2-3-4-12-5-7-13(8-6-12)17(20)15-10-9-14(18)11-16(15)19/h5-11,17,20H,2-4H2,1H3. The summed E-state index contributed by atoms with van der Waals surface area (Å²) in [5.74, 6) is 0. The Balaban J connectivity index is 2.18. The van der Waals surface area contributed by atoms with Crippen LogP contribution in [0.4, 0.5) is 0 Å². The van der Waals surface area contributed by atoms with Crippen molar-refractivity contribution in [1.29, 1.82) is 0 Å². The largest absolute Gasteiger partial charge is 0.384 e. The maximum Gasteiger partial charge on any atom is 0.105 e. The summed E-state index contributed by atoms with van der Waals surface area (Å²) in [6.07, 6.45) is 2.73. The Kier molecular flexibility index (Phi) is 5.47. The molecule has 0 fully saturated rings. The lowest BCUT2D eigenvalue weighted by Crippen LogP contribution is -2.00. The highest BCUT2D eigenvalue weighted by atomic mass is 35.5. The van der Waals surface area contributed by atoms with E-state index in [1.165, 1.54) is 18.4 Å². The van der Waals surface area contributed by atoms with Gasteiger partial charge < -0.3 is 5.11 Å². The second kappa shape index (κ2) is 7.12. The van der Waals surface area contributed by atoms with E-state index >= 15 is 0 Å². The Labute approximate surface area is 130 Å². The van der Waals surface area contributed by atoms with Crippen LogP contribution in [-0.2, 0) is 6.42 Å². The Hall–Kier alpha value is -1.02. The summed E-state index contributed by atoms with van der Waals surface area (Å²) in [7, 11) is 0. The van der Waals surface area contributed by atoms with E-state index in [2.05, 4.69) is 19.1 Å². The molecule has 0 aromatic heterocycles. The van der Waals surface area contributed by atoms with Gasteiger partial charge in [-0.25, -0.2) is 0 Å². The fraction of sp³-hybridized carbons (Fsp3) is 0.294. The smallest absolute Gasteiger partial charge is 0.105 e. The van der Waals surface area contributed by atoms with Crippen LogP contribution in [0.3, 0.4) is 0 Å². The van der Waals surface area contributed by atoms with E-state index in [1.54, 1.807) is 18.2 Å². The van der Waals surface area contributed by atoms with Gasteiger partial charge in [0, 0.05) is 15.6 Å². The van der Waals surface area contributed by atoms with Crippen LogP contribution in [0.2, 0.25) is 10.0 Å². The highest BCUT2D eigenvalue weighted by molar-refractivity contribution is 6.35. The van der Waals surface area contributed by atoms with E-state index in [0.717, 1.165) is 12.0 Å². The van der Waals surface area contributed by atoms with Crippen LogP contribution in [-0.4, -0.2) is 5.11 Å². The number of aliphatic hydroxyl groups is 1. The molecule has 0 bridgehead atoms. The molecule has 0 spiro atoms. The van der Waals surface area contributed by atoms with Gasteiger partial charge in [0.15, 0.2) is 0 Å². The van der Waals surface area contributed by atoms with Crippen molar-refractivity contribution in [3.63, 3.8) is 0 Å². The molecule has 2 aromatic rings. The number of aryl methyl sites for hydroxylation is 1. The second-order valence-electron chi connectivity index (χ2n) is 4.91. The third kappa shape index (κ3) is 3.76. The molecule has 2 rings (SSSR count). The monoisotopic (exact) mass is 308 g/mol. The number of benzene rings is 2. The molecule has 1 atom stereocenters. The van der Waals surface area contributed by atoms with Crippen molar-refractivity contribution in [2.45, 2.75) is 32.3 Å². The van der Waals surface area contributed by atoms with E-state index in [9.17, 15) is 5.11 Å². The number of halogens is 2. The van der Waals surface area contributed by atoms with Crippen molar-refractivity contribution in [2.24, 2.45) is 0 Å². The molecule has 3 heteroatoms. The first-order chi connectivity index (χ1) is 9.61. The minimum Gasteiger partial charge on any atom is -0.384 e. The van der Waals surface area contributed by atoms with E-state index < -0.39 is 6.10 Å². The number of aliphatic hydroxyl groups excluding tert-OH is 1. The zero-order valence-corrected chi connectivity index (χ0v) is 13.0. The number of rotatable bonds is 5. The predicted octanol–water partition coefficient (Wildman–Crippen LogP) is 5.42. The summed E-state index contributed by atoms with van der Waals surface area (Å²) in [5, 5.41) is 11.5. The van der Waals surface area contributed by atoms with Gasteiger partial charge in [-0.3, -0.25) is 0 Å². The van der Waals surface area contributed by atoms with E-state index in [0.29, 0.717) is 15.6 Å². The first kappa shape index (κ1) is 15.4. The van der Waals surface area contributed by atoms with Gasteiger partial charge in [-0.05, 0) is 36.1 Å². The molecule has 0 aliphatic rings. The SMILES string of the molecule is CCCCc1ccc(C(O)c2ccc(Cl)cc2Cl)cc1. The molecule has 0 aliphatic carbocycles. The molecule has 0 saturated carbocycles. The minimum absolute atomic E-state index is 0.486. The van der Waals surface area contributed by atoms with Crippen LogP contribution in [0.15, 0.2) is 42.5 Å². The van der Waals surface area contributed by atoms with Crippen LogP contribution < -0.4 is 0 Å². The van der Waals surface area contributed by atoms with Gasteiger partial charge in [0.05, 0.1) is 0 Å². The summed E-state index contributed by atoms with van der Waals surface area (Å²) in [5.41, 5.74) is 2.82. The molecule has 0 radical (unpaired) electrons. The predicted molar refractivity (Wildman–Crippen MR) is 85.6 cm³/mol. The fourth-order valence-electron chi connectivity index (χ4n) is 2.15. The van der Waals surface area contributed by atoms with Gasteiger partial charge in [-0.1, -0.05) is 66.9 Å². The molecule has 0 aliphatic heterocycles. The zero-order chi connectivity index (χ0) is 14.5. The fourth-order valence-corrected chi connectivity index (χ4v) is 2.66. The highest BCUT2D eigenvalue weighted by Crippen LogP contribution is 2.30. The van der Waals surface area contributed by atoms with E-state index in [1.807, 2.05) is 12.1 Å². The van der Waals surface area contributed by atoms with Gasteiger partial charge >= 0.3 is 0 Å². The van der Waals surface area contributed by atoms with Crippen LogP contribution in [0.1, 0.15) is 42.6 Å². The van der Waals surface area contributed by atoms with Crippen LogP contribution in [0, 0.1) is 0 Å². The van der Waals surface area contributed by atoms with E-state index in [4.69, 9.17) is 23.2 Å². The average molecular weight is 309 g/mol. The van der Waals surface area contributed by atoms with Crippen molar-refractivity contribution in [3.8, 4) is 0 Å². The van der Waals surface area contributed by atoms with Crippen molar-refractivity contribution in [1.82, 2.24) is 0 Å². The van der Waals surface area contributed by atoms with Crippen LogP contribution >= 0.6 is 23.2 Å². The Morgan fingerprint density at radius 3 is 2.35 bits per heavy atom. The first-order valence-electron chi connectivity index (χ1n) is 6.83. The lowest BCUT2D eigenvalue weighted by Gasteiger charge is -2.14. The number of unbranched alkanes of at least 4 members (excludes halogenated alkanes) is 1. The molecule has 2 aromatic carbocycles. The first-order valence-corrected chi connectivity index (χ1v) is 7.59. The molecule has 106 valence electrons. The number of hydrogen-bond acceptors (Lipinski definition) is 1. The van der Waals surface area contributed by atoms with Crippen molar-refractivity contribution < 1.29 is 5.11 Å². The van der Waals surface area contributed by atoms with E-state index in [-0.39, 0.29) is 0 Å². The molecular formula is C17H18Cl2O. The van der Waals surface area contributed by atoms with Crippen molar-refractivity contribution in [2.75, 3.05) is 0 Å². The molecule has 20 heavy (non-hydrogen) atoms. The molecule has 0 amide bonds. The lowest BCUT2D eigenvalue weighted by molar-refractivity contribution is 0.220. The zero-order valence-electron chi connectivity index (χ0n) is 11.4. The lowest BCUT2D eigenvalue weighted by atomic mass is 9.99. The summed E-state index contributed by atoms with van der Waals surface area (Å²) < 4.78 is 0. The quantitative estimate of drug-likeness (QED) is 0.782. The van der Waals surface area contributed by atoms with Gasteiger partial charge in [0.25, 0.3) is 0 Å². The summed E-state index contributed by atoms with van der Waals surface area (Å²) in [6.45, 7) is 2.18.